The maximum absolute atomic E-state index is 13.5. The van der Waals surface area contributed by atoms with Crippen LogP contribution >= 0.6 is 23.2 Å². The minimum absolute atomic E-state index is 0.00320. The molecule has 0 saturated carbocycles. The van der Waals surface area contributed by atoms with Crippen molar-refractivity contribution >= 4 is 57.4 Å². The molecule has 3 amide bonds. The van der Waals surface area contributed by atoms with Crippen molar-refractivity contribution in [2.24, 2.45) is 0 Å². The van der Waals surface area contributed by atoms with E-state index < -0.39 is 6.04 Å². The molecule has 1 N–H and O–H groups in total. The van der Waals surface area contributed by atoms with Crippen molar-refractivity contribution in [3.63, 3.8) is 0 Å². The molecule has 0 unspecified atom stereocenters. The van der Waals surface area contributed by atoms with E-state index in [1.807, 2.05) is 50.2 Å². The summed E-state index contributed by atoms with van der Waals surface area (Å²) in [7, 11) is 0. The van der Waals surface area contributed by atoms with Gasteiger partial charge in [0.15, 0.2) is 0 Å². The van der Waals surface area contributed by atoms with Gasteiger partial charge in [0.1, 0.15) is 6.04 Å². The zero-order chi connectivity index (χ0) is 26.7. The first-order chi connectivity index (χ1) is 17.7. The van der Waals surface area contributed by atoms with Gasteiger partial charge in [-0.1, -0.05) is 60.5 Å². The van der Waals surface area contributed by atoms with Crippen molar-refractivity contribution < 1.29 is 14.4 Å². The van der Waals surface area contributed by atoms with E-state index in [2.05, 4.69) is 5.32 Å². The normalized spacial score (nSPS) is 14.1. The van der Waals surface area contributed by atoms with Gasteiger partial charge in [0.05, 0.1) is 5.69 Å². The lowest BCUT2D eigenvalue weighted by Crippen LogP contribution is -2.49. The van der Waals surface area contributed by atoms with Gasteiger partial charge in [-0.2, -0.15) is 0 Å². The van der Waals surface area contributed by atoms with Crippen LogP contribution in [-0.4, -0.2) is 41.2 Å². The molecule has 2 atom stereocenters. The molecular weight excluding hydrogens is 509 g/mol. The highest BCUT2D eigenvalue weighted by Gasteiger charge is 2.30. The summed E-state index contributed by atoms with van der Waals surface area (Å²) in [5.74, 6) is -0.449. The Balaban J connectivity index is 1.48. The summed E-state index contributed by atoms with van der Waals surface area (Å²) in [6.45, 7) is 6.22. The Morgan fingerprint density at radius 1 is 1.05 bits per heavy atom. The highest BCUT2D eigenvalue weighted by Crippen LogP contribution is 2.37. The van der Waals surface area contributed by atoms with Gasteiger partial charge < -0.3 is 15.1 Å². The van der Waals surface area contributed by atoms with Gasteiger partial charge in [0.25, 0.3) is 5.91 Å². The number of hydrogen-bond acceptors (Lipinski definition) is 3. The quantitative estimate of drug-likeness (QED) is 0.332. The lowest BCUT2D eigenvalue weighted by atomic mass is 10.1. The summed E-state index contributed by atoms with van der Waals surface area (Å²) >= 11 is 12.4. The second-order valence-electron chi connectivity index (χ2n) is 9.49. The predicted molar refractivity (Wildman–Crippen MR) is 149 cm³/mol. The largest absolute Gasteiger partial charge is 0.352 e. The fraction of sp³-hybridized carbons (Fsp3) is 0.345. The van der Waals surface area contributed by atoms with Gasteiger partial charge in [-0.05, 0) is 61.9 Å². The fourth-order valence-electron chi connectivity index (χ4n) is 4.61. The van der Waals surface area contributed by atoms with Gasteiger partial charge in [0.2, 0.25) is 11.8 Å². The Hall–Kier alpha value is -3.09. The average molecular weight is 540 g/mol. The highest BCUT2D eigenvalue weighted by molar-refractivity contribution is 6.35. The van der Waals surface area contributed by atoms with E-state index in [0.717, 1.165) is 22.9 Å². The third-order valence-corrected chi connectivity index (χ3v) is 7.53. The Kier molecular flexibility index (Phi) is 8.40. The van der Waals surface area contributed by atoms with E-state index in [0.29, 0.717) is 34.1 Å². The van der Waals surface area contributed by atoms with Crippen molar-refractivity contribution in [1.29, 1.82) is 0 Å². The van der Waals surface area contributed by atoms with Crippen LogP contribution in [0.4, 0.5) is 5.69 Å². The maximum atomic E-state index is 13.5. The molecule has 1 aliphatic rings. The molecule has 0 bridgehead atoms. The number of rotatable bonds is 10. The molecule has 194 valence electrons. The second kappa shape index (κ2) is 11.5. The highest BCUT2D eigenvalue weighted by atomic mass is 35.5. The van der Waals surface area contributed by atoms with Crippen LogP contribution in [-0.2, 0) is 16.1 Å². The lowest BCUT2D eigenvalue weighted by molar-refractivity contribution is -0.140. The smallest absolute Gasteiger partial charge is 0.258 e. The molecule has 3 aromatic carbocycles. The molecule has 6 nitrogen and oxygen atoms in total. The first kappa shape index (κ1) is 27.0. The molecule has 0 radical (unpaired) electrons. The van der Waals surface area contributed by atoms with E-state index in [9.17, 15) is 14.4 Å². The number of nitrogens with one attached hydrogen (secondary N) is 1. The summed E-state index contributed by atoms with van der Waals surface area (Å²) in [6.07, 6.45) is 1.43. The number of benzene rings is 3. The molecule has 0 aromatic heterocycles. The van der Waals surface area contributed by atoms with E-state index in [-0.39, 0.29) is 36.7 Å². The third kappa shape index (κ3) is 5.76. The van der Waals surface area contributed by atoms with Crippen LogP contribution in [0.2, 0.25) is 10.0 Å². The van der Waals surface area contributed by atoms with Gasteiger partial charge in [-0.3, -0.25) is 14.4 Å². The van der Waals surface area contributed by atoms with Crippen LogP contribution in [0, 0.1) is 0 Å². The van der Waals surface area contributed by atoms with Gasteiger partial charge >= 0.3 is 0 Å². The Bertz CT molecular complexity index is 1340. The predicted octanol–water partition coefficient (Wildman–Crippen LogP) is 6.22. The molecule has 0 aliphatic carbocycles. The van der Waals surface area contributed by atoms with Crippen LogP contribution in [0.25, 0.3) is 10.8 Å². The summed E-state index contributed by atoms with van der Waals surface area (Å²) in [6, 6.07) is 16.0. The van der Waals surface area contributed by atoms with E-state index in [1.54, 1.807) is 34.9 Å². The lowest BCUT2D eigenvalue weighted by Gasteiger charge is -2.30. The number of halogens is 2. The molecule has 1 heterocycles. The van der Waals surface area contributed by atoms with E-state index in [4.69, 9.17) is 23.2 Å². The number of carbonyl (C=O) groups is 3. The van der Waals surface area contributed by atoms with Crippen molar-refractivity contribution in [2.45, 2.75) is 58.7 Å². The molecule has 4 rings (SSSR count). The third-order valence-electron chi connectivity index (χ3n) is 6.95. The monoisotopic (exact) mass is 539 g/mol. The molecule has 37 heavy (non-hydrogen) atoms. The maximum Gasteiger partial charge on any atom is 0.258 e. The number of hydrogen-bond donors (Lipinski definition) is 1. The van der Waals surface area contributed by atoms with E-state index in [1.165, 1.54) is 0 Å². The summed E-state index contributed by atoms with van der Waals surface area (Å²) in [5, 5.41) is 5.88. The minimum atomic E-state index is -0.695. The molecule has 8 heteroatoms. The summed E-state index contributed by atoms with van der Waals surface area (Å²) in [4.78, 5) is 42.8. The van der Waals surface area contributed by atoms with Crippen molar-refractivity contribution in [3.05, 3.63) is 75.8 Å². The topological polar surface area (TPSA) is 69.7 Å². The SMILES string of the molecule is CC[C@@H](C)NC(=O)[C@@H](C)N(Cc1ccc(Cl)cc1Cl)C(=O)CCCN1C(=O)c2cccc3cccc1c23. The Morgan fingerprint density at radius 2 is 1.78 bits per heavy atom. The molecule has 3 aromatic rings. The summed E-state index contributed by atoms with van der Waals surface area (Å²) < 4.78 is 0. The van der Waals surface area contributed by atoms with Crippen LogP contribution in [0.1, 0.15) is 56.0 Å². The zero-order valence-corrected chi connectivity index (χ0v) is 22.8. The number of anilines is 1. The molecule has 0 fully saturated rings. The average Bonchev–Trinajstić information content (AvgIpc) is 3.15. The standard InChI is InChI=1S/C29H31Cl2N3O3/c1-4-18(2)32-28(36)19(3)34(17-21-13-14-22(30)16-24(21)31)26(35)12-7-15-33-25-11-6-9-20-8-5-10-23(27(20)25)29(33)37/h5-6,8-11,13-14,16,18-19H,4,7,12,15,17H2,1-3H3,(H,32,36)/t18-,19-/m1/s1. The summed E-state index contributed by atoms with van der Waals surface area (Å²) in [5.41, 5.74) is 2.27. The first-order valence-electron chi connectivity index (χ1n) is 12.6. The van der Waals surface area contributed by atoms with Crippen molar-refractivity contribution in [3.8, 4) is 0 Å². The van der Waals surface area contributed by atoms with Crippen molar-refractivity contribution in [1.82, 2.24) is 10.2 Å². The van der Waals surface area contributed by atoms with Crippen molar-refractivity contribution in [2.75, 3.05) is 11.4 Å². The fourth-order valence-corrected chi connectivity index (χ4v) is 5.08. The van der Waals surface area contributed by atoms with Crippen LogP contribution in [0.3, 0.4) is 0 Å². The molecule has 0 saturated heterocycles. The van der Waals surface area contributed by atoms with Gasteiger partial charge in [0, 0.05) is 46.5 Å². The number of amides is 3. The first-order valence-corrected chi connectivity index (χ1v) is 13.3. The molecular formula is C29H31Cl2N3O3. The second-order valence-corrected chi connectivity index (χ2v) is 10.3. The van der Waals surface area contributed by atoms with Gasteiger partial charge in [-0.25, -0.2) is 0 Å². The molecule has 1 aliphatic heterocycles. The van der Waals surface area contributed by atoms with Crippen LogP contribution in [0.5, 0.6) is 0 Å². The van der Waals surface area contributed by atoms with Crippen LogP contribution in [0.15, 0.2) is 54.6 Å². The van der Waals surface area contributed by atoms with Gasteiger partial charge in [-0.15, -0.1) is 0 Å². The minimum Gasteiger partial charge on any atom is -0.352 e. The van der Waals surface area contributed by atoms with Crippen LogP contribution < -0.4 is 10.2 Å². The Labute approximate surface area is 227 Å². The Morgan fingerprint density at radius 3 is 2.49 bits per heavy atom. The van der Waals surface area contributed by atoms with E-state index >= 15 is 0 Å². The zero-order valence-electron chi connectivity index (χ0n) is 21.3. The number of nitrogens with zero attached hydrogens (tertiary/aromatic N) is 2. The molecule has 0 spiro atoms. The number of carbonyl (C=O) groups excluding carboxylic acids is 3.